The van der Waals surface area contributed by atoms with E-state index in [4.69, 9.17) is 16.2 Å². The number of ether oxygens (including phenoxy) is 1. The molecule has 0 saturated heterocycles. The molecular formula is C33H42FN7O2. The van der Waals surface area contributed by atoms with Crippen LogP contribution in [0.3, 0.4) is 0 Å². The number of aryl methyl sites for hydroxylation is 2. The molecule has 0 unspecified atom stereocenters. The molecule has 6 N–H and O–H groups in total. The van der Waals surface area contributed by atoms with Crippen molar-refractivity contribution in [3.8, 4) is 16.9 Å². The van der Waals surface area contributed by atoms with Crippen LogP contribution in [0.15, 0.2) is 71.1 Å². The minimum absolute atomic E-state index is 0.0205. The van der Waals surface area contributed by atoms with Crippen LogP contribution in [0, 0.1) is 12.7 Å². The van der Waals surface area contributed by atoms with Crippen molar-refractivity contribution in [1.29, 1.82) is 0 Å². The monoisotopic (exact) mass is 587 g/mol. The lowest BCUT2D eigenvalue weighted by molar-refractivity contribution is 0.176. The maximum atomic E-state index is 15.3. The van der Waals surface area contributed by atoms with Gasteiger partial charge in [-0.1, -0.05) is 24.3 Å². The van der Waals surface area contributed by atoms with Crippen molar-refractivity contribution in [3.63, 3.8) is 0 Å². The quantitative estimate of drug-likeness (QED) is 0.0916. The second kappa shape index (κ2) is 14.9. The highest BCUT2D eigenvalue weighted by Gasteiger charge is 2.15. The number of methoxy groups -OCH3 is 1. The highest BCUT2D eigenvalue weighted by Crippen LogP contribution is 2.29. The largest absolute Gasteiger partial charge is 0.388 e. The molecule has 0 bridgehead atoms. The van der Waals surface area contributed by atoms with E-state index in [-0.39, 0.29) is 17.9 Å². The summed E-state index contributed by atoms with van der Waals surface area (Å²) in [7, 11) is 1.64. The van der Waals surface area contributed by atoms with Crippen LogP contribution in [0.4, 0.5) is 4.39 Å². The number of halogens is 1. The first-order valence-electron chi connectivity index (χ1n) is 14.6. The lowest BCUT2D eigenvalue weighted by Gasteiger charge is -2.14. The summed E-state index contributed by atoms with van der Waals surface area (Å²) < 4.78 is 21.9. The van der Waals surface area contributed by atoms with E-state index in [1.54, 1.807) is 27.2 Å². The maximum Gasteiger partial charge on any atom is 0.354 e. The standard InChI is InChI=1S/C33H42FN7O2/c1-5-27(13-14-37-22(3)35)38-18-23-9-11-28(12-10-23)41-19-25-17-30(39-32(25)40-33(41)42)29-16-24(15-21(2)31(29)34)7-6-8-26(36)20-43-4/h5,9-12,15-17,19,26-27,38H,1,6-8,13-14,18,20,36H2,2-4H3,(H2,35,37)(H,39,40,42)/t26-,27+/m1/s1. The zero-order valence-corrected chi connectivity index (χ0v) is 25.2. The van der Waals surface area contributed by atoms with E-state index in [1.165, 1.54) is 4.57 Å². The molecule has 0 radical (unpaired) electrons. The summed E-state index contributed by atoms with van der Waals surface area (Å²) in [6.45, 7) is 9.22. The molecule has 0 saturated carbocycles. The molecule has 2 aromatic heterocycles. The molecule has 0 fully saturated rings. The minimum atomic E-state index is -0.424. The van der Waals surface area contributed by atoms with Gasteiger partial charge in [-0.2, -0.15) is 4.98 Å². The van der Waals surface area contributed by atoms with Gasteiger partial charge in [0.1, 0.15) is 11.5 Å². The van der Waals surface area contributed by atoms with Gasteiger partial charge >= 0.3 is 5.69 Å². The Morgan fingerprint density at radius 3 is 2.70 bits per heavy atom. The van der Waals surface area contributed by atoms with Crippen LogP contribution in [0.1, 0.15) is 42.9 Å². The average molecular weight is 588 g/mol. The van der Waals surface area contributed by atoms with E-state index in [0.717, 1.165) is 36.8 Å². The van der Waals surface area contributed by atoms with Gasteiger partial charge in [0, 0.05) is 49.4 Å². The van der Waals surface area contributed by atoms with Gasteiger partial charge in [-0.3, -0.25) is 9.56 Å². The molecule has 228 valence electrons. The first-order valence-corrected chi connectivity index (χ1v) is 14.6. The predicted molar refractivity (Wildman–Crippen MR) is 172 cm³/mol. The molecule has 0 aliphatic carbocycles. The highest BCUT2D eigenvalue weighted by atomic mass is 19.1. The van der Waals surface area contributed by atoms with Crippen LogP contribution in [0.25, 0.3) is 28.0 Å². The second-order valence-corrected chi connectivity index (χ2v) is 11.0. The molecular weight excluding hydrogens is 545 g/mol. The zero-order chi connectivity index (χ0) is 30.9. The number of nitrogens with one attached hydrogen (secondary N) is 2. The third kappa shape index (κ3) is 8.47. The molecule has 9 nitrogen and oxygen atoms in total. The van der Waals surface area contributed by atoms with Gasteiger partial charge in [0.2, 0.25) is 0 Å². The molecule has 0 aliphatic rings. The smallest absolute Gasteiger partial charge is 0.354 e. The zero-order valence-electron chi connectivity index (χ0n) is 25.2. The van der Waals surface area contributed by atoms with E-state index in [9.17, 15) is 4.79 Å². The summed E-state index contributed by atoms with van der Waals surface area (Å²) in [6, 6.07) is 13.4. The number of aliphatic imine (C=N–C) groups is 1. The molecule has 2 aromatic carbocycles. The Hall–Kier alpha value is -4.12. The summed E-state index contributed by atoms with van der Waals surface area (Å²) >= 11 is 0. The fourth-order valence-electron chi connectivity index (χ4n) is 5.08. The third-order valence-electron chi connectivity index (χ3n) is 7.40. The fourth-order valence-corrected chi connectivity index (χ4v) is 5.08. The first-order chi connectivity index (χ1) is 20.7. The van der Waals surface area contributed by atoms with E-state index >= 15 is 4.39 Å². The summed E-state index contributed by atoms with van der Waals surface area (Å²) in [5, 5.41) is 4.16. The lowest BCUT2D eigenvalue weighted by Crippen LogP contribution is -2.27. The Morgan fingerprint density at radius 1 is 1.23 bits per heavy atom. The van der Waals surface area contributed by atoms with Crippen LogP contribution >= 0.6 is 0 Å². The van der Waals surface area contributed by atoms with Crippen molar-refractivity contribution >= 4 is 16.9 Å². The number of rotatable bonds is 15. The Balaban J connectivity index is 1.50. The van der Waals surface area contributed by atoms with Crippen molar-refractivity contribution in [3.05, 3.63) is 94.3 Å². The van der Waals surface area contributed by atoms with Crippen molar-refractivity contribution in [1.82, 2.24) is 19.9 Å². The minimum Gasteiger partial charge on any atom is -0.388 e. The van der Waals surface area contributed by atoms with Gasteiger partial charge < -0.3 is 26.5 Å². The fraction of sp³-hybridized carbons (Fsp3) is 0.364. The van der Waals surface area contributed by atoms with Crippen molar-refractivity contribution in [2.24, 2.45) is 16.5 Å². The number of aromatic amines is 1. The molecule has 10 heteroatoms. The van der Waals surface area contributed by atoms with Crippen LogP contribution in [-0.4, -0.2) is 52.7 Å². The van der Waals surface area contributed by atoms with Gasteiger partial charge in [0.15, 0.2) is 0 Å². The van der Waals surface area contributed by atoms with E-state index in [0.29, 0.717) is 59.1 Å². The van der Waals surface area contributed by atoms with E-state index in [1.807, 2.05) is 48.5 Å². The van der Waals surface area contributed by atoms with Crippen LogP contribution in [0.5, 0.6) is 0 Å². The number of amidine groups is 1. The van der Waals surface area contributed by atoms with Gasteiger partial charge in [-0.15, -0.1) is 6.58 Å². The molecule has 2 heterocycles. The summed E-state index contributed by atoms with van der Waals surface area (Å²) in [5.74, 6) is 0.270. The Kier molecular flexibility index (Phi) is 11.0. The highest BCUT2D eigenvalue weighted by molar-refractivity contribution is 5.83. The van der Waals surface area contributed by atoms with Gasteiger partial charge in [-0.05, 0) is 80.5 Å². The number of benzene rings is 2. The summed E-state index contributed by atoms with van der Waals surface area (Å²) in [4.78, 5) is 24.6. The first kappa shape index (κ1) is 31.8. The molecule has 0 spiro atoms. The number of nitrogens with zero attached hydrogens (tertiary/aromatic N) is 3. The van der Waals surface area contributed by atoms with Crippen molar-refractivity contribution < 1.29 is 9.13 Å². The Bertz CT molecular complexity index is 1620. The van der Waals surface area contributed by atoms with Gasteiger partial charge in [0.25, 0.3) is 0 Å². The lowest BCUT2D eigenvalue weighted by atomic mass is 9.98. The molecule has 4 rings (SSSR count). The Morgan fingerprint density at radius 2 is 2.00 bits per heavy atom. The van der Waals surface area contributed by atoms with Gasteiger partial charge in [0.05, 0.1) is 23.8 Å². The van der Waals surface area contributed by atoms with Crippen LogP contribution < -0.4 is 22.5 Å². The number of H-pyrrole nitrogens is 1. The molecule has 0 aliphatic heterocycles. The third-order valence-corrected chi connectivity index (χ3v) is 7.40. The number of aromatic nitrogens is 3. The molecule has 0 amide bonds. The molecule has 4 aromatic rings. The molecule has 2 atom stereocenters. The van der Waals surface area contributed by atoms with Crippen molar-refractivity contribution in [2.75, 3.05) is 20.3 Å². The van der Waals surface area contributed by atoms with E-state index < -0.39 is 5.69 Å². The SMILES string of the molecule is C=C[C@@H](CCN=C(C)N)NCc1ccc(-n2cc3cc(-c4cc(CCC[C@@H](N)COC)cc(C)c4F)[nH]c3nc2=O)cc1. The molecule has 43 heavy (non-hydrogen) atoms. The number of hydrogen-bond donors (Lipinski definition) is 4. The maximum absolute atomic E-state index is 15.3. The van der Waals surface area contributed by atoms with Crippen molar-refractivity contribution in [2.45, 2.75) is 58.2 Å². The normalized spacial score (nSPS) is 13.4. The number of hydrogen-bond acceptors (Lipinski definition) is 6. The Labute approximate surface area is 251 Å². The number of fused-ring (bicyclic) bond motifs is 1. The average Bonchev–Trinajstić information content (AvgIpc) is 3.39. The summed E-state index contributed by atoms with van der Waals surface area (Å²) in [6.07, 6.45) is 6.86. The van der Waals surface area contributed by atoms with Crippen LogP contribution in [-0.2, 0) is 17.7 Å². The van der Waals surface area contributed by atoms with Crippen LogP contribution in [0.2, 0.25) is 0 Å². The van der Waals surface area contributed by atoms with E-state index in [2.05, 4.69) is 26.9 Å². The summed E-state index contributed by atoms with van der Waals surface area (Å²) in [5.41, 5.74) is 16.0. The number of nitrogens with two attached hydrogens (primary N) is 2. The topological polar surface area (TPSA) is 136 Å². The second-order valence-electron chi connectivity index (χ2n) is 11.0. The van der Waals surface area contributed by atoms with Gasteiger partial charge in [-0.25, -0.2) is 9.18 Å². The predicted octanol–water partition coefficient (Wildman–Crippen LogP) is 4.54.